The third-order valence-electron chi connectivity index (χ3n) is 7.86. The fourth-order valence-corrected chi connectivity index (χ4v) is 6.78. The Labute approximate surface area is 248 Å². The van der Waals surface area contributed by atoms with E-state index >= 15 is 0 Å². The number of nitrogens with zero attached hydrogens (tertiary/aromatic N) is 5. The van der Waals surface area contributed by atoms with Gasteiger partial charge in [0.25, 0.3) is 10.0 Å². The SMILES string of the molecule is C=C/C=C(\C=C)CCNCCCNC[C@@H]1CC[C@H](n2cc(-c3ccn(S(=O)(=O)c4ccccc4)n3)c3cncnc32)C1. The van der Waals surface area contributed by atoms with Gasteiger partial charge in [-0.05, 0) is 88.0 Å². The molecule has 1 aliphatic carbocycles. The molecule has 3 aromatic heterocycles. The Hall–Kier alpha value is -3.86. The van der Waals surface area contributed by atoms with E-state index in [1.54, 1.807) is 55.0 Å². The zero-order valence-electron chi connectivity index (χ0n) is 23.9. The van der Waals surface area contributed by atoms with Crippen LogP contribution in [-0.2, 0) is 10.0 Å². The van der Waals surface area contributed by atoms with Crippen LogP contribution in [0.4, 0.5) is 0 Å². The van der Waals surface area contributed by atoms with Crippen molar-refractivity contribution in [3.63, 3.8) is 0 Å². The Balaban J connectivity index is 1.17. The minimum absolute atomic E-state index is 0.200. The fourth-order valence-electron chi connectivity index (χ4n) is 5.65. The van der Waals surface area contributed by atoms with Gasteiger partial charge in [0, 0.05) is 35.6 Å². The molecule has 0 amide bonds. The summed E-state index contributed by atoms with van der Waals surface area (Å²) in [5, 5.41) is 12.5. The third-order valence-corrected chi connectivity index (χ3v) is 9.42. The molecule has 5 rings (SSSR count). The first kappa shape index (κ1) is 29.6. The maximum absolute atomic E-state index is 13.1. The second-order valence-corrected chi connectivity index (χ2v) is 12.5. The minimum Gasteiger partial charge on any atom is -0.329 e. The number of benzene rings is 1. The molecule has 1 aromatic carbocycles. The van der Waals surface area contributed by atoms with Gasteiger partial charge in [0.15, 0.2) is 0 Å². The van der Waals surface area contributed by atoms with Crippen molar-refractivity contribution >= 4 is 21.1 Å². The van der Waals surface area contributed by atoms with Gasteiger partial charge in [0.1, 0.15) is 12.0 Å². The van der Waals surface area contributed by atoms with Crippen molar-refractivity contribution in [2.75, 3.05) is 26.2 Å². The van der Waals surface area contributed by atoms with E-state index in [1.165, 1.54) is 11.8 Å². The summed E-state index contributed by atoms with van der Waals surface area (Å²) in [7, 11) is -3.77. The normalized spacial score (nSPS) is 17.6. The summed E-state index contributed by atoms with van der Waals surface area (Å²) in [5.41, 5.74) is 3.47. The highest BCUT2D eigenvalue weighted by atomic mass is 32.2. The quantitative estimate of drug-likeness (QED) is 0.147. The van der Waals surface area contributed by atoms with E-state index in [0.29, 0.717) is 17.7 Å². The molecule has 10 heteroatoms. The second-order valence-electron chi connectivity index (χ2n) is 10.7. The molecule has 0 spiro atoms. The molecule has 1 fully saturated rings. The Kier molecular flexibility index (Phi) is 9.78. The molecule has 9 nitrogen and oxygen atoms in total. The molecule has 0 saturated heterocycles. The van der Waals surface area contributed by atoms with Crippen LogP contribution in [-0.4, -0.2) is 58.3 Å². The highest BCUT2D eigenvalue weighted by molar-refractivity contribution is 7.89. The van der Waals surface area contributed by atoms with Gasteiger partial charge in [-0.15, -0.1) is 0 Å². The van der Waals surface area contributed by atoms with Crippen molar-refractivity contribution in [1.29, 1.82) is 0 Å². The summed E-state index contributed by atoms with van der Waals surface area (Å²) in [6.45, 7) is 11.5. The highest BCUT2D eigenvalue weighted by Crippen LogP contribution is 2.39. The molecule has 0 unspecified atom stereocenters. The standard InChI is InChI=1S/C32H39N7O2S/c1-3-9-25(4-2)14-18-33-16-8-17-34-21-26-12-13-27(20-26)38-23-30(29-22-35-24-36-32(29)38)31-15-19-39(37-31)42(40,41)28-10-6-5-7-11-28/h3-7,9-11,15,19,22-24,26-27,33-34H,1-2,8,12-14,16-18,20-21H2/b25-9+/t26-,27+/m1/s1. The number of aromatic nitrogens is 5. The smallest absolute Gasteiger partial charge is 0.282 e. The molecule has 2 atom stereocenters. The van der Waals surface area contributed by atoms with Gasteiger partial charge in [-0.3, -0.25) is 0 Å². The number of hydrogen-bond acceptors (Lipinski definition) is 7. The lowest BCUT2D eigenvalue weighted by Gasteiger charge is -2.15. The van der Waals surface area contributed by atoms with E-state index < -0.39 is 10.0 Å². The van der Waals surface area contributed by atoms with Crippen molar-refractivity contribution in [1.82, 2.24) is 34.4 Å². The van der Waals surface area contributed by atoms with Gasteiger partial charge >= 0.3 is 0 Å². The summed E-state index contributed by atoms with van der Waals surface area (Å²) in [6.07, 6.45) is 17.9. The predicted molar refractivity (Wildman–Crippen MR) is 168 cm³/mol. The van der Waals surface area contributed by atoms with Crippen molar-refractivity contribution in [2.24, 2.45) is 5.92 Å². The number of rotatable bonds is 15. The first-order valence-electron chi connectivity index (χ1n) is 14.5. The van der Waals surface area contributed by atoms with Gasteiger partial charge in [0.05, 0.1) is 10.6 Å². The Morgan fingerprint density at radius 3 is 2.71 bits per heavy atom. The fraction of sp³-hybridized carbons (Fsp3) is 0.344. The van der Waals surface area contributed by atoms with Crippen molar-refractivity contribution in [2.45, 2.75) is 43.0 Å². The largest absolute Gasteiger partial charge is 0.329 e. The van der Waals surface area contributed by atoms with E-state index in [2.05, 4.69) is 49.6 Å². The molecule has 2 N–H and O–H groups in total. The number of fused-ring (bicyclic) bond motifs is 1. The van der Waals surface area contributed by atoms with Crippen LogP contribution in [0.15, 0.2) is 103 Å². The topological polar surface area (TPSA) is 107 Å². The summed E-state index contributed by atoms with van der Waals surface area (Å²) in [5.74, 6) is 0.597. The van der Waals surface area contributed by atoms with Crippen LogP contribution in [0.2, 0.25) is 0 Å². The average molecular weight is 586 g/mol. The highest BCUT2D eigenvalue weighted by Gasteiger charge is 2.28. The van der Waals surface area contributed by atoms with Gasteiger partial charge in [-0.1, -0.05) is 49.6 Å². The number of nitrogens with one attached hydrogen (secondary N) is 2. The van der Waals surface area contributed by atoms with Gasteiger partial charge < -0.3 is 15.2 Å². The maximum atomic E-state index is 13.1. The van der Waals surface area contributed by atoms with Crippen LogP contribution < -0.4 is 10.6 Å². The van der Waals surface area contributed by atoms with Crippen molar-refractivity contribution < 1.29 is 8.42 Å². The summed E-state index contributed by atoms with van der Waals surface area (Å²) in [4.78, 5) is 9.05. The molecule has 0 aliphatic heterocycles. The number of hydrogen-bond donors (Lipinski definition) is 2. The maximum Gasteiger partial charge on any atom is 0.282 e. The van der Waals surface area contributed by atoms with Crippen LogP contribution in [0.1, 0.15) is 38.1 Å². The Bertz CT molecular complexity index is 1640. The third kappa shape index (κ3) is 6.78. The van der Waals surface area contributed by atoms with Crippen LogP contribution in [0, 0.1) is 5.92 Å². The number of allylic oxidation sites excluding steroid dienone is 3. The Morgan fingerprint density at radius 1 is 1.07 bits per heavy atom. The van der Waals surface area contributed by atoms with Crippen molar-refractivity contribution in [3.05, 3.63) is 98.3 Å². The van der Waals surface area contributed by atoms with E-state index in [1.807, 2.05) is 12.2 Å². The monoisotopic (exact) mass is 585 g/mol. The Morgan fingerprint density at radius 2 is 1.90 bits per heavy atom. The van der Waals surface area contributed by atoms with E-state index in [4.69, 9.17) is 0 Å². The molecule has 1 aliphatic rings. The molecule has 1 saturated carbocycles. The van der Waals surface area contributed by atoms with E-state index in [0.717, 1.165) is 79.0 Å². The molecule has 0 radical (unpaired) electrons. The van der Waals surface area contributed by atoms with E-state index in [9.17, 15) is 8.42 Å². The molecule has 0 bridgehead atoms. The molecular formula is C32H39N7O2S. The van der Waals surface area contributed by atoms with Crippen molar-refractivity contribution in [3.8, 4) is 11.3 Å². The lowest BCUT2D eigenvalue weighted by atomic mass is 10.1. The molecule has 220 valence electrons. The van der Waals surface area contributed by atoms with Crippen LogP contribution in [0.25, 0.3) is 22.3 Å². The van der Waals surface area contributed by atoms with Crippen LogP contribution in [0.5, 0.6) is 0 Å². The zero-order valence-corrected chi connectivity index (χ0v) is 24.7. The second kappa shape index (κ2) is 13.9. The van der Waals surface area contributed by atoms with Gasteiger partial charge in [-0.25, -0.2) is 9.97 Å². The zero-order chi connectivity index (χ0) is 29.4. The predicted octanol–water partition coefficient (Wildman–Crippen LogP) is 5.13. The van der Waals surface area contributed by atoms with Gasteiger partial charge in [-0.2, -0.15) is 17.6 Å². The van der Waals surface area contributed by atoms with Crippen LogP contribution >= 0.6 is 0 Å². The minimum atomic E-state index is -3.77. The summed E-state index contributed by atoms with van der Waals surface area (Å²) < 4.78 is 29.4. The van der Waals surface area contributed by atoms with Gasteiger partial charge in [0.2, 0.25) is 0 Å². The average Bonchev–Trinajstić information content (AvgIpc) is 3.77. The van der Waals surface area contributed by atoms with E-state index in [-0.39, 0.29) is 4.90 Å². The molecular weight excluding hydrogens is 546 g/mol. The first-order chi connectivity index (χ1) is 20.5. The summed E-state index contributed by atoms with van der Waals surface area (Å²) in [6, 6.07) is 10.4. The lowest BCUT2D eigenvalue weighted by molar-refractivity contribution is 0.452. The van der Waals surface area contributed by atoms with Crippen LogP contribution in [0.3, 0.4) is 0 Å². The lowest BCUT2D eigenvalue weighted by Crippen LogP contribution is -2.26. The molecule has 42 heavy (non-hydrogen) atoms. The molecule has 4 aromatic rings. The first-order valence-corrected chi connectivity index (χ1v) is 16.0. The summed E-state index contributed by atoms with van der Waals surface area (Å²) >= 11 is 0. The molecule has 3 heterocycles.